The lowest BCUT2D eigenvalue weighted by molar-refractivity contribution is -0.143. The van der Waals surface area contributed by atoms with Crippen LogP contribution in [0.15, 0.2) is 103 Å². The zero-order valence-electron chi connectivity index (χ0n) is 22.8. The van der Waals surface area contributed by atoms with Crippen molar-refractivity contribution in [3.63, 3.8) is 0 Å². The zero-order valence-corrected chi connectivity index (χ0v) is 22.8. The summed E-state index contributed by atoms with van der Waals surface area (Å²) in [5.74, 6) is -0.0988. The maximum absolute atomic E-state index is 13.3. The van der Waals surface area contributed by atoms with Crippen LogP contribution in [0.5, 0.6) is 0 Å². The molecule has 7 heteroatoms. The van der Waals surface area contributed by atoms with Crippen LogP contribution in [0.2, 0.25) is 0 Å². The molecule has 1 fully saturated rings. The molecule has 1 aromatic heterocycles. The summed E-state index contributed by atoms with van der Waals surface area (Å²) in [6.45, 7) is 3.76. The molecule has 1 aliphatic rings. The molecule has 0 N–H and O–H groups in total. The van der Waals surface area contributed by atoms with E-state index in [0.717, 1.165) is 22.4 Å². The van der Waals surface area contributed by atoms with Crippen molar-refractivity contribution >= 4 is 17.8 Å². The molecule has 5 rings (SSSR count). The summed E-state index contributed by atoms with van der Waals surface area (Å²) in [7, 11) is 0. The fourth-order valence-corrected chi connectivity index (χ4v) is 5.60. The number of aromatic nitrogens is 3. The van der Waals surface area contributed by atoms with Crippen molar-refractivity contribution < 1.29 is 14.3 Å². The first kappa shape index (κ1) is 27.2. The number of aryl methyl sites for hydroxylation is 1. The molecule has 1 saturated heterocycles. The van der Waals surface area contributed by atoms with E-state index >= 15 is 0 Å². The number of esters is 1. The van der Waals surface area contributed by atoms with Gasteiger partial charge in [0.05, 0.1) is 24.0 Å². The molecule has 3 aromatic carbocycles. The number of carbonyl (C=O) groups is 2. The second-order valence-electron chi connectivity index (χ2n) is 9.86. The van der Waals surface area contributed by atoms with Crippen molar-refractivity contribution in [3.05, 3.63) is 125 Å². The molecular formula is C33H34N4O3. The van der Waals surface area contributed by atoms with Crippen LogP contribution < -0.4 is 0 Å². The fraction of sp³-hybridized carbons (Fsp3) is 0.273. The van der Waals surface area contributed by atoms with Crippen LogP contribution in [0.4, 0.5) is 0 Å². The number of rotatable bonds is 10. The van der Waals surface area contributed by atoms with Crippen LogP contribution in [0.25, 0.3) is 6.08 Å². The number of likely N-dealkylation sites (tertiary alicyclic amines) is 1. The van der Waals surface area contributed by atoms with Crippen LogP contribution >= 0.6 is 0 Å². The van der Waals surface area contributed by atoms with Crippen molar-refractivity contribution in [3.8, 4) is 0 Å². The number of hydrogen-bond donors (Lipinski definition) is 0. The topological polar surface area (TPSA) is 77.3 Å². The average molecular weight is 535 g/mol. The first-order valence-electron chi connectivity index (χ1n) is 13.8. The summed E-state index contributed by atoms with van der Waals surface area (Å²) in [6, 6.07) is 31.5. The Morgan fingerprint density at radius 2 is 1.50 bits per heavy atom. The second-order valence-corrected chi connectivity index (χ2v) is 9.86. The van der Waals surface area contributed by atoms with Crippen molar-refractivity contribution in [1.82, 2.24) is 19.9 Å². The average Bonchev–Trinajstić information content (AvgIpc) is 3.43. The molecule has 0 aliphatic carbocycles. The quantitative estimate of drug-likeness (QED) is 0.157. The maximum Gasteiger partial charge on any atom is 0.305 e. The van der Waals surface area contributed by atoms with Gasteiger partial charge in [0, 0.05) is 38.0 Å². The van der Waals surface area contributed by atoms with Gasteiger partial charge in [-0.3, -0.25) is 14.5 Å². The van der Waals surface area contributed by atoms with Gasteiger partial charge in [-0.05, 0) is 36.1 Å². The SMILES string of the molecule is CCOC(=O)CCCn1nncc1/C=C1/CN(C(c2ccccc2)(c2ccccc2)c2ccccc2)CCC1=O. The standard InChI is InChI=1S/C33H34N4O3/c1-2-40-32(39)19-12-21-37-30(24-34-35-37)23-26-25-36(22-20-31(26)38)33(27-13-6-3-7-14-27,28-15-8-4-9-16-28)29-17-10-5-11-18-29/h3-11,13-18,23-24H,2,12,19-22,25H2,1H3/b26-23-. The lowest BCUT2D eigenvalue weighted by Crippen LogP contribution is -2.52. The third-order valence-corrected chi connectivity index (χ3v) is 7.40. The molecule has 0 amide bonds. The van der Waals surface area contributed by atoms with Crippen LogP contribution in [-0.2, 0) is 26.4 Å². The number of Topliss-reactive ketones (excluding diaryl/α,β-unsaturated/α-hetero) is 1. The summed E-state index contributed by atoms with van der Waals surface area (Å²) in [4.78, 5) is 27.5. The van der Waals surface area contributed by atoms with Crippen LogP contribution in [0.1, 0.15) is 48.6 Å². The molecule has 0 spiro atoms. The van der Waals surface area contributed by atoms with Gasteiger partial charge in [0.25, 0.3) is 0 Å². The molecule has 0 saturated carbocycles. The smallest absolute Gasteiger partial charge is 0.305 e. The Hall–Kier alpha value is -4.36. The van der Waals surface area contributed by atoms with Gasteiger partial charge in [0.15, 0.2) is 5.78 Å². The molecule has 7 nitrogen and oxygen atoms in total. The molecule has 1 aliphatic heterocycles. The highest BCUT2D eigenvalue weighted by atomic mass is 16.5. The summed E-state index contributed by atoms with van der Waals surface area (Å²) >= 11 is 0. The number of carbonyl (C=O) groups excluding carboxylic acids is 2. The van der Waals surface area contributed by atoms with E-state index in [1.165, 1.54) is 0 Å². The minimum atomic E-state index is -0.596. The Labute approximate surface area is 235 Å². The summed E-state index contributed by atoms with van der Waals surface area (Å²) in [5.41, 5.74) is 4.30. The number of piperidine rings is 1. The van der Waals surface area contributed by atoms with Crippen LogP contribution in [0, 0.1) is 0 Å². The van der Waals surface area contributed by atoms with E-state index in [2.05, 4.69) is 88.0 Å². The van der Waals surface area contributed by atoms with E-state index in [0.29, 0.717) is 51.1 Å². The first-order chi connectivity index (χ1) is 19.6. The molecule has 204 valence electrons. The summed E-state index contributed by atoms with van der Waals surface area (Å²) < 4.78 is 6.78. The van der Waals surface area contributed by atoms with E-state index in [1.807, 2.05) is 24.3 Å². The molecule has 40 heavy (non-hydrogen) atoms. The summed E-state index contributed by atoms with van der Waals surface area (Å²) in [5, 5.41) is 8.29. The van der Waals surface area contributed by atoms with Gasteiger partial charge in [0.1, 0.15) is 0 Å². The highest BCUT2D eigenvalue weighted by Crippen LogP contribution is 2.44. The van der Waals surface area contributed by atoms with Crippen molar-refractivity contribution in [2.24, 2.45) is 0 Å². The maximum atomic E-state index is 13.3. The minimum Gasteiger partial charge on any atom is -0.466 e. The monoisotopic (exact) mass is 534 g/mol. The van der Waals surface area contributed by atoms with E-state index in [4.69, 9.17) is 4.74 Å². The van der Waals surface area contributed by atoms with Gasteiger partial charge in [-0.2, -0.15) is 0 Å². The van der Waals surface area contributed by atoms with Gasteiger partial charge in [-0.15, -0.1) is 5.10 Å². The Morgan fingerprint density at radius 3 is 2.05 bits per heavy atom. The molecule has 0 radical (unpaired) electrons. The van der Waals surface area contributed by atoms with E-state index in [9.17, 15) is 9.59 Å². The molecular weight excluding hydrogens is 500 g/mol. The Kier molecular flexibility index (Phi) is 8.62. The predicted molar refractivity (Wildman–Crippen MR) is 154 cm³/mol. The first-order valence-corrected chi connectivity index (χ1v) is 13.8. The van der Waals surface area contributed by atoms with Gasteiger partial charge in [-0.1, -0.05) is 96.2 Å². The lowest BCUT2D eigenvalue weighted by Gasteiger charge is -2.47. The Bertz CT molecular complexity index is 1350. The van der Waals surface area contributed by atoms with Gasteiger partial charge >= 0.3 is 5.97 Å². The lowest BCUT2D eigenvalue weighted by atomic mass is 9.74. The zero-order chi connectivity index (χ0) is 27.8. The van der Waals surface area contributed by atoms with Crippen molar-refractivity contribution in [2.45, 2.75) is 38.3 Å². The van der Waals surface area contributed by atoms with Gasteiger partial charge < -0.3 is 4.74 Å². The van der Waals surface area contributed by atoms with Gasteiger partial charge in [0.2, 0.25) is 0 Å². The minimum absolute atomic E-state index is 0.124. The number of nitrogens with zero attached hydrogens (tertiary/aromatic N) is 4. The van der Waals surface area contributed by atoms with E-state index < -0.39 is 5.54 Å². The highest BCUT2D eigenvalue weighted by Gasteiger charge is 2.44. The fourth-order valence-electron chi connectivity index (χ4n) is 5.60. The molecule has 0 atom stereocenters. The van der Waals surface area contributed by atoms with E-state index in [-0.39, 0.29) is 11.8 Å². The van der Waals surface area contributed by atoms with E-state index in [1.54, 1.807) is 17.8 Å². The Morgan fingerprint density at radius 1 is 0.925 bits per heavy atom. The van der Waals surface area contributed by atoms with Gasteiger partial charge in [-0.25, -0.2) is 4.68 Å². The largest absolute Gasteiger partial charge is 0.466 e. The Balaban J connectivity index is 1.53. The summed E-state index contributed by atoms with van der Waals surface area (Å²) in [6.07, 6.45) is 4.87. The normalized spacial score (nSPS) is 15.3. The van der Waals surface area contributed by atoms with Crippen molar-refractivity contribution in [1.29, 1.82) is 0 Å². The van der Waals surface area contributed by atoms with Crippen LogP contribution in [0.3, 0.4) is 0 Å². The third-order valence-electron chi connectivity index (χ3n) is 7.40. The number of benzene rings is 3. The molecule has 0 bridgehead atoms. The molecule has 4 aromatic rings. The number of ether oxygens (including phenoxy) is 1. The van der Waals surface area contributed by atoms with Crippen molar-refractivity contribution in [2.75, 3.05) is 19.7 Å². The number of ketones is 1. The third kappa shape index (κ3) is 5.65. The second kappa shape index (κ2) is 12.7. The molecule has 2 heterocycles. The molecule has 0 unspecified atom stereocenters. The number of hydrogen-bond acceptors (Lipinski definition) is 6. The highest BCUT2D eigenvalue weighted by molar-refractivity contribution is 6.00. The predicted octanol–water partition coefficient (Wildman–Crippen LogP) is 5.27. The van der Waals surface area contributed by atoms with Crippen LogP contribution in [-0.4, -0.2) is 51.3 Å².